The summed E-state index contributed by atoms with van der Waals surface area (Å²) in [6, 6.07) is 5.33. The predicted octanol–water partition coefficient (Wildman–Crippen LogP) is 3.64. The highest BCUT2D eigenvalue weighted by Gasteiger charge is 2.20. The van der Waals surface area contributed by atoms with Gasteiger partial charge in [-0.1, -0.05) is 12.1 Å². The Kier molecular flexibility index (Phi) is 5.43. The average molecular weight is 382 g/mol. The second kappa shape index (κ2) is 8.14. The van der Waals surface area contributed by atoms with E-state index in [1.54, 1.807) is 24.5 Å². The van der Waals surface area contributed by atoms with Gasteiger partial charge in [0.05, 0.1) is 22.9 Å². The van der Waals surface area contributed by atoms with Crippen molar-refractivity contribution in [1.82, 2.24) is 20.4 Å². The summed E-state index contributed by atoms with van der Waals surface area (Å²) in [6.45, 7) is 8.09. The fraction of sp³-hybridized carbons (Fsp3) is 0.476. The van der Waals surface area contributed by atoms with E-state index < -0.39 is 0 Å². The smallest absolute Gasteiger partial charge is 0.259 e. The van der Waals surface area contributed by atoms with Gasteiger partial charge in [-0.05, 0) is 63.4 Å². The van der Waals surface area contributed by atoms with Gasteiger partial charge >= 0.3 is 0 Å². The number of rotatable bonds is 6. The Morgan fingerprint density at radius 3 is 3.11 bits per heavy atom. The van der Waals surface area contributed by atoms with Crippen molar-refractivity contribution in [3.8, 4) is 11.5 Å². The van der Waals surface area contributed by atoms with Crippen molar-refractivity contribution in [3.05, 3.63) is 35.7 Å². The van der Waals surface area contributed by atoms with Crippen LogP contribution in [0.3, 0.4) is 0 Å². The first-order chi connectivity index (χ1) is 13.6. The van der Waals surface area contributed by atoms with Crippen LogP contribution in [0.1, 0.15) is 42.2 Å². The molecule has 3 aromatic rings. The van der Waals surface area contributed by atoms with Gasteiger partial charge in [0.2, 0.25) is 0 Å². The van der Waals surface area contributed by atoms with Crippen molar-refractivity contribution in [2.45, 2.75) is 33.1 Å². The number of aryl methyl sites for hydroxylation is 1. The summed E-state index contributed by atoms with van der Waals surface area (Å²) < 4.78 is 10.7. The third-order valence-electron chi connectivity index (χ3n) is 5.31. The topological polar surface area (TPSA) is 84.4 Å². The summed E-state index contributed by atoms with van der Waals surface area (Å²) >= 11 is 0. The first-order valence-corrected chi connectivity index (χ1v) is 9.93. The predicted molar refractivity (Wildman–Crippen MR) is 106 cm³/mol. The third-order valence-corrected chi connectivity index (χ3v) is 5.31. The summed E-state index contributed by atoms with van der Waals surface area (Å²) in [5.74, 6) is 1.22. The lowest BCUT2D eigenvalue weighted by Crippen LogP contribution is -2.36. The van der Waals surface area contributed by atoms with Crippen molar-refractivity contribution in [2.24, 2.45) is 5.92 Å². The van der Waals surface area contributed by atoms with Crippen LogP contribution in [0.25, 0.3) is 22.6 Å². The highest BCUT2D eigenvalue weighted by molar-refractivity contribution is 6.06. The largest absolute Gasteiger partial charge is 0.463 e. The van der Waals surface area contributed by atoms with Gasteiger partial charge in [-0.3, -0.25) is 4.79 Å². The molecule has 3 aromatic heterocycles. The molecule has 1 aliphatic rings. The molecular weight excluding hydrogens is 356 g/mol. The van der Waals surface area contributed by atoms with E-state index in [9.17, 15) is 4.79 Å². The first-order valence-electron chi connectivity index (χ1n) is 9.93. The zero-order valence-electron chi connectivity index (χ0n) is 16.4. The second-order valence-electron chi connectivity index (χ2n) is 7.64. The maximum Gasteiger partial charge on any atom is 0.259 e. The van der Waals surface area contributed by atoms with E-state index in [0.717, 1.165) is 32.0 Å². The quantitative estimate of drug-likeness (QED) is 0.655. The molecule has 7 nitrogen and oxygen atoms in total. The van der Waals surface area contributed by atoms with E-state index >= 15 is 0 Å². The molecule has 148 valence electrons. The third kappa shape index (κ3) is 3.94. The number of carbonyl (C=O) groups excluding carboxylic acids is 1. The van der Waals surface area contributed by atoms with Crippen molar-refractivity contribution in [2.75, 3.05) is 26.2 Å². The zero-order chi connectivity index (χ0) is 19.5. The van der Waals surface area contributed by atoms with E-state index in [4.69, 9.17) is 8.94 Å². The van der Waals surface area contributed by atoms with Crippen molar-refractivity contribution < 1.29 is 13.7 Å². The number of hydrogen-bond acceptors (Lipinski definition) is 6. The maximum absolute atomic E-state index is 12.9. The van der Waals surface area contributed by atoms with Crippen molar-refractivity contribution >= 4 is 17.0 Å². The van der Waals surface area contributed by atoms with E-state index in [1.807, 2.05) is 6.92 Å². The number of carbonyl (C=O) groups is 1. The Balaban J connectivity index is 1.45. The molecule has 0 saturated carbocycles. The van der Waals surface area contributed by atoms with Gasteiger partial charge in [-0.15, -0.1) is 0 Å². The number of likely N-dealkylation sites (tertiary alicyclic amines) is 1. The van der Waals surface area contributed by atoms with Gasteiger partial charge in [0, 0.05) is 13.1 Å². The molecule has 0 aliphatic carbocycles. The SMILES string of the molecule is Cc1noc2nc(-c3ccco3)cc(C(=O)NCCCN3CCCC(C)C3)c12. The number of nitrogens with zero attached hydrogens (tertiary/aromatic N) is 3. The monoisotopic (exact) mass is 382 g/mol. The number of aromatic nitrogens is 2. The van der Waals surface area contributed by atoms with E-state index in [2.05, 4.69) is 27.3 Å². The van der Waals surface area contributed by atoms with Gasteiger partial charge < -0.3 is 19.2 Å². The molecule has 28 heavy (non-hydrogen) atoms. The lowest BCUT2D eigenvalue weighted by molar-refractivity contribution is 0.0951. The number of nitrogens with one attached hydrogen (secondary N) is 1. The Hall–Kier alpha value is -2.67. The van der Waals surface area contributed by atoms with Gasteiger partial charge in [0.25, 0.3) is 11.6 Å². The molecular formula is C21H26N4O3. The molecule has 1 amide bonds. The van der Waals surface area contributed by atoms with E-state index in [0.29, 0.717) is 40.4 Å². The van der Waals surface area contributed by atoms with Gasteiger partial charge in [-0.2, -0.15) is 0 Å². The number of fused-ring (bicyclic) bond motifs is 1. The van der Waals surface area contributed by atoms with Gasteiger partial charge in [0.15, 0.2) is 5.76 Å². The van der Waals surface area contributed by atoms with Crippen LogP contribution in [0.2, 0.25) is 0 Å². The van der Waals surface area contributed by atoms with Crippen LogP contribution in [0.5, 0.6) is 0 Å². The Bertz CT molecular complexity index is 948. The molecule has 1 aliphatic heterocycles. The van der Waals surface area contributed by atoms with Crippen LogP contribution in [0.4, 0.5) is 0 Å². The second-order valence-corrected chi connectivity index (χ2v) is 7.64. The van der Waals surface area contributed by atoms with Crippen molar-refractivity contribution in [1.29, 1.82) is 0 Å². The molecule has 0 spiro atoms. The van der Waals surface area contributed by atoms with Crippen LogP contribution >= 0.6 is 0 Å². The summed E-state index contributed by atoms with van der Waals surface area (Å²) in [6.07, 6.45) is 5.10. The molecule has 1 N–H and O–H groups in total. The number of amides is 1. The minimum absolute atomic E-state index is 0.140. The Labute approximate surface area is 164 Å². The zero-order valence-corrected chi connectivity index (χ0v) is 16.4. The molecule has 1 fully saturated rings. The highest BCUT2D eigenvalue weighted by atomic mass is 16.5. The molecule has 0 aromatic carbocycles. The number of furan rings is 1. The standard InChI is InChI=1S/C21H26N4O3/c1-14-6-3-9-25(13-14)10-5-8-22-20(26)16-12-17(18-7-4-11-27-18)23-21-19(16)15(2)24-28-21/h4,7,11-12,14H,3,5-6,8-10,13H2,1-2H3,(H,22,26). The van der Waals surface area contributed by atoms with E-state index in [1.165, 1.54) is 12.8 Å². The Morgan fingerprint density at radius 1 is 1.43 bits per heavy atom. The first kappa shape index (κ1) is 18.7. The minimum atomic E-state index is -0.140. The molecule has 1 unspecified atom stereocenters. The molecule has 1 saturated heterocycles. The fourth-order valence-corrected chi connectivity index (χ4v) is 3.91. The minimum Gasteiger partial charge on any atom is -0.463 e. The number of hydrogen-bond donors (Lipinski definition) is 1. The van der Waals surface area contributed by atoms with Crippen molar-refractivity contribution in [3.63, 3.8) is 0 Å². The Morgan fingerprint density at radius 2 is 2.32 bits per heavy atom. The maximum atomic E-state index is 12.9. The molecule has 4 heterocycles. The summed E-state index contributed by atoms with van der Waals surface area (Å²) in [5.41, 5.74) is 2.07. The van der Waals surface area contributed by atoms with Crippen LogP contribution < -0.4 is 5.32 Å². The lowest BCUT2D eigenvalue weighted by Gasteiger charge is -2.30. The normalized spacial score (nSPS) is 17.9. The van der Waals surface area contributed by atoms with Gasteiger partial charge in [-0.25, -0.2) is 4.98 Å². The summed E-state index contributed by atoms with van der Waals surface area (Å²) in [5, 5.41) is 7.66. The van der Waals surface area contributed by atoms with Crippen LogP contribution in [0.15, 0.2) is 33.4 Å². The summed E-state index contributed by atoms with van der Waals surface area (Å²) in [7, 11) is 0. The molecule has 4 rings (SSSR count). The van der Waals surface area contributed by atoms with Crippen LogP contribution in [-0.4, -0.2) is 47.1 Å². The fourth-order valence-electron chi connectivity index (χ4n) is 3.91. The number of piperidine rings is 1. The lowest BCUT2D eigenvalue weighted by atomic mass is 10.0. The highest BCUT2D eigenvalue weighted by Crippen LogP contribution is 2.27. The van der Waals surface area contributed by atoms with Gasteiger partial charge in [0.1, 0.15) is 5.69 Å². The molecule has 1 atom stereocenters. The van der Waals surface area contributed by atoms with Crippen LogP contribution in [-0.2, 0) is 0 Å². The molecule has 7 heteroatoms. The average Bonchev–Trinajstić information content (AvgIpc) is 3.35. The molecule has 0 radical (unpaired) electrons. The van der Waals surface area contributed by atoms with E-state index in [-0.39, 0.29) is 5.91 Å². The molecule has 0 bridgehead atoms. The summed E-state index contributed by atoms with van der Waals surface area (Å²) in [4.78, 5) is 19.8. The number of pyridine rings is 1. The van der Waals surface area contributed by atoms with Crippen LogP contribution in [0, 0.1) is 12.8 Å².